The summed E-state index contributed by atoms with van der Waals surface area (Å²) in [6, 6.07) is 12.8. The predicted molar refractivity (Wildman–Crippen MR) is 125 cm³/mol. The minimum absolute atomic E-state index is 0.132. The topological polar surface area (TPSA) is 111 Å². The number of hydrogen-bond acceptors (Lipinski definition) is 9. The highest BCUT2D eigenvalue weighted by molar-refractivity contribution is 7.20. The molecule has 0 aliphatic rings. The van der Waals surface area contributed by atoms with Gasteiger partial charge < -0.3 is 19.7 Å². The fourth-order valence-electron chi connectivity index (χ4n) is 2.84. The lowest BCUT2D eigenvalue weighted by Crippen LogP contribution is -2.35. The number of likely N-dealkylation sites (N-methyl/N-ethyl adjacent to an activating group) is 1. The molecule has 1 atom stereocenters. The Morgan fingerprint density at radius 2 is 1.82 bits per heavy atom. The molecule has 1 N–H and O–H groups in total. The van der Waals surface area contributed by atoms with Crippen LogP contribution >= 0.6 is 11.3 Å². The SMILES string of the molecule is CCOC(=O)c1cc(-c2ccccc2)sc1NC(=O)C(C)OC(=O)CN(C)c1ncccn1. The van der Waals surface area contributed by atoms with E-state index in [0.717, 1.165) is 10.4 Å². The number of aromatic nitrogens is 2. The summed E-state index contributed by atoms with van der Waals surface area (Å²) in [5.41, 5.74) is 1.15. The zero-order valence-corrected chi connectivity index (χ0v) is 19.3. The number of esters is 2. The maximum Gasteiger partial charge on any atom is 0.341 e. The van der Waals surface area contributed by atoms with Gasteiger partial charge in [-0.05, 0) is 31.5 Å². The van der Waals surface area contributed by atoms with Gasteiger partial charge in [0.1, 0.15) is 11.5 Å². The minimum atomic E-state index is -1.08. The number of hydrogen-bond donors (Lipinski definition) is 1. The highest BCUT2D eigenvalue weighted by Crippen LogP contribution is 2.36. The summed E-state index contributed by atoms with van der Waals surface area (Å²) in [6.45, 7) is 3.24. The number of carbonyl (C=O) groups excluding carboxylic acids is 3. The van der Waals surface area contributed by atoms with E-state index >= 15 is 0 Å². The molecule has 172 valence electrons. The van der Waals surface area contributed by atoms with Crippen LogP contribution in [0.5, 0.6) is 0 Å². The fraction of sp³-hybridized carbons (Fsp3) is 0.261. The lowest BCUT2D eigenvalue weighted by molar-refractivity contribution is -0.151. The van der Waals surface area contributed by atoms with Crippen molar-refractivity contribution in [3.8, 4) is 10.4 Å². The number of amides is 1. The Bertz CT molecular complexity index is 1100. The molecule has 1 aromatic carbocycles. The van der Waals surface area contributed by atoms with Gasteiger partial charge in [0.05, 0.1) is 12.2 Å². The predicted octanol–water partition coefficient (Wildman–Crippen LogP) is 3.39. The molecule has 3 aromatic rings. The van der Waals surface area contributed by atoms with E-state index < -0.39 is 23.9 Å². The van der Waals surface area contributed by atoms with Crippen molar-refractivity contribution in [2.45, 2.75) is 20.0 Å². The van der Waals surface area contributed by atoms with E-state index in [2.05, 4.69) is 15.3 Å². The maximum atomic E-state index is 12.7. The first-order valence-electron chi connectivity index (χ1n) is 10.2. The molecule has 9 nitrogen and oxygen atoms in total. The Kier molecular flexibility index (Phi) is 8.09. The lowest BCUT2D eigenvalue weighted by Gasteiger charge is -2.18. The van der Waals surface area contributed by atoms with E-state index in [0.29, 0.717) is 10.9 Å². The maximum absolute atomic E-state index is 12.7. The summed E-state index contributed by atoms with van der Waals surface area (Å²) < 4.78 is 10.4. The van der Waals surface area contributed by atoms with E-state index in [9.17, 15) is 14.4 Å². The van der Waals surface area contributed by atoms with Gasteiger partial charge in [0, 0.05) is 24.3 Å². The molecule has 10 heteroatoms. The Morgan fingerprint density at radius 1 is 1.12 bits per heavy atom. The lowest BCUT2D eigenvalue weighted by atomic mass is 10.1. The zero-order chi connectivity index (χ0) is 23.8. The van der Waals surface area contributed by atoms with Crippen LogP contribution in [0.1, 0.15) is 24.2 Å². The van der Waals surface area contributed by atoms with Crippen molar-refractivity contribution in [2.24, 2.45) is 0 Å². The summed E-state index contributed by atoms with van der Waals surface area (Å²) in [5.74, 6) is -1.36. The largest absolute Gasteiger partial charge is 0.462 e. The number of thiophene rings is 1. The van der Waals surface area contributed by atoms with Crippen LogP contribution in [-0.2, 0) is 19.1 Å². The van der Waals surface area contributed by atoms with Crippen LogP contribution in [0.4, 0.5) is 10.9 Å². The molecular formula is C23H24N4O5S. The highest BCUT2D eigenvalue weighted by Gasteiger charge is 2.24. The van der Waals surface area contributed by atoms with E-state index in [-0.39, 0.29) is 18.7 Å². The quantitative estimate of drug-likeness (QED) is 0.476. The number of rotatable bonds is 9. The highest BCUT2D eigenvalue weighted by atomic mass is 32.1. The van der Waals surface area contributed by atoms with Gasteiger partial charge in [0.2, 0.25) is 5.95 Å². The number of anilines is 2. The number of nitrogens with zero attached hydrogens (tertiary/aromatic N) is 3. The smallest absolute Gasteiger partial charge is 0.341 e. The Hall–Kier alpha value is -3.79. The second-order valence-corrected chi connectivity index (χ2v) is 8.02. The summed E-state index contributed by atoms with van der Waals surface area (Å²) in [4.78, 5) is 47.8. The van der Waals surface area contributed by atoms with Gasteiger partial charge in [0.15, 0.2) is 6.10 Å². The van der Waals surface area contributed by atoms with Crippen LogP contribution < -0.4 is 10.2 Å². The Balaban J connectivity index is 1.68. The van der Waals surface area contributed by atoms with E-state index in [1.54, 1.807) is 38.5 Å². The minimum Gasteiger partial charge on any atom is -0.462 e. The molecule has 0 radical (unpaired) electrons. The molecule has 0 fully saturated rings. The second-order valence-electron chi connectivity index (χ2n) is 6.97. The normalized spacial score (nSPS) is 11.4. The van der Waals surface area contributed by atoms with Crippen molar-refractivity contribution in [3.05, 3.63) is 60.4 Å². The van der Waals surface area contributed by atoms with E-state index in [4.69, 9.17) is 9.47 Å². The number of nitrogens with one attached hydrogen (secondary N) is 1. The van der Waals surface area contributed by atoms with Crippen molar-refractivity contribution < 1.29 is 23.9 Å². The third kappa shape index (κ3) is 6.36. The van der Waals surface area contributed by atoms with Gasteiger partial charge in [-0.25, -0.2) is 14.8 Å². The third-order valence-corrected chi connectivity index (χ3v) is 5.56. The molecule has 0 aliphatic heterocycles. The van der Waals surface area contributed by atoms with Crippen molar-refractivity contribution >= 4 is 40.1 Å². The summed E-state index contributed by atoms with van der Waals surface area (Å²) in [5, 5.41) is 3.02. The third-order valence-electron chi connectivity index (χ3n) is 4.46. The molecule has 0 bridgehead atoms. The van der Waals surface area contributed by atoms with Crippen LogP contribution in [0, 0.1) is 0 Å². The van der Waals surface area contributed by atoms with Crippen LogP contribution in [-0.4, -0.2) is 54.1 Å². The molecule has 33 heavy (non-hydrogen) atoms. The number of carbonyl (C=O) groups is 3. The van der Waals surface area contributed by atoms with Crippen molar-refractivity contribution in [3.63, 3.8) is 0 Å². The van der Waals surface area contributed by atoms with Crippen molar-refractivity contribution in [1.82, 2.24) is 9.97 Å². The molecule has 1 amide bonds. The van der Waals surface area contributed by atoms with Gasteiger partial charge in [0.25, 0.3) is 5.91 Å². The number of ether oxygens (including phenoxy) is 2. The molecular weight excluding hydrogens is 444 g/mol. The molecule has 0 saturated heterocycles. The van der Waals surface area contributed by atoms with Gasteiger partial charge >= 0.3 is 11.9 Å². The molecule has 0 aliphatic carbocycles. The first kappa shape index (κ1) is 23.9. The Morgan fingerprint density at radius 3 is 2.48 bits per heavy atom. The van der Waals surface area contributed by atoms with Crippen LogP contribution in [0.3, 0.4) is 0 Å². The van der Waals surface area contributed by atoms with Crippen LogP contribution in [0.2, 0.25) is 0 Å². The molecule has 2 heterocycles. The first-order valence-corrected chi connectivity index (χ1v) is 11.1. The molecule has 0 spiro atoms. The summed E-state index contributed by atoms with van der Waals surface area (Å²) in [6.07, 6.45) is 2.04. The van der Waals surface area contributed by atoms with Crippen molar-refractivity contribution in [2.75, 3.05) is 30.4 Å². The average Bonchev–Trinajstić information content (AvgIpc) is 3.24. The molecule has 2 aromatic heterocycles. The second kappa shape index (κ2) is 11.2. The van der Waals surface area contributed by atoms with Crippen LogP contribution in [0.25, 0.3) is 10.4 Å². The zero-order valence-electron chi connectivity index (χ0n) is 18.5. The molecule has 0 saturated carbocycles. The van der Waals surface area contributed by atoms with Gasteiger partial charge in [-0.15, -0.1) is 11.3 Å². The standard InChI is InChI=1S/C23H24N4O5S/c1-4-31-22(30)17-13-18(16-9-6-5-7-10-16)33-21(17)26-20(29)15(2)32-19(28)14-27(3)23-24-11-8-12-25-23/h5-13,15H,4,14H2,1-3H3,(H,26,29). The van der Waals surface area contributed by atoms with Crippen LogP contribution in [0.15, 0.2) is 54.9 Å². The Labute approximate surface area is 195 Å². The fourth-order valence-corrected chi connectivity index (χ4v) is 3.90. The average molecular weight is 469 g/mol. The number of benzene rings is 1. The van der Waals surface area contributed by atoms with Crippen molar-refractivity contribution in [1.29, 1.82) is 0 Å². The van der Waals surface area contributed by atoms with E-state index in [1.165, 1.54) is 23.2 Å². The van der Waals surface area contributed by atoms with Gasteiger partial charge in [-0.2, -0.15) is 0 Å². The van der Waals surface area contributed by atoms with E-state index in [1.807, 2.05) is 30.3 Å². The molecule has 1 unspecified atom stereocenters. The summed E-state index contributed by atoms with van der Waals surface area (Å²) in [7, 11) is 1.64. The molecule has 3 rings (SSSR count). The summed E-state index contributed by atoms with van der Waals surface area (Å²) >= 11 is 1.24. The van der Waals surface area contributed by atoms with Gasteiger partial charge in [-0.3, -0.25) is 9.59 Å². The first-order chi connectivity index (χ1) is 15.9. The van der Waals surface area contributed by atoms with Gasteiger partial charge in [-0.1, -0.05) is 30.3 Å². The monoisotopic (exact) mass is 468 g/mol.